The topological polar surface area (TPSA) is 55.9 Å². The summed E-state index contributed by atoms with van der Waals surface area (Å²) in [6.07, 6.45) is 0.335. The molecule has 0 aromatic heterocycles. The van der Waals surface area contributed by atoms with Crippen LogP contribution in [0.15, 0.2) is 48.5 Å². The number of carbonyl (C=O) groups is 2. The van der Waals surface area contributed by atoms with Gasteiger partial charge in [0.1, 0.15) is 0 Å². The van der Waals surface area contributed by atoms with Gasteiger partial charge in [0.15, 0.2) is 0 Å². The Morgan fingerprint density at radius 2 is 1.76 bits per heavy atom. The van der Waals surface area contributed by atoms with Crippen LogP contribution in [0.3, 0.4) is 0 Å². The van der Waals surface area contributed by atoms with Gasteiger partial charge in [0, 0.05) is 55.5 Å². The predicted molar refractivity (Wildman–Crippen MR) is 116 cm³/mol. The minimum atomic E-state index is -0.165. The molecule has 2 saturated heterocycles. The maximum absolute atomic E-state index is 12.7. The van der Waals surface area contributed by atoms with E-state index in [2.05, 4.69) is 10.2 Å². The third-order valence-corrected chi connectivity index (χ3v) is 5.77. The Morgan fingerprint density at radius 1 is 1.03 bits per heavy atom. The van der Waals surface area contributed by atoms with Gasteiger partial charge >= 0.3 is 6.03 Å². The minimum absolute atomic E-state index is 0.0462. The summed E-state index contributed by atoms with van der Waals surface area (Å²) in [5.74, 6) is 0.0462. The molecule has 6 nitrogen and oxygen atoms in total. The molecule has 0 aliphatic carbocycles. The lowest BCUT2D eigenvalue weighted by Crippen LogP contribution is -2.53. The maximum Gasteiger partial charge on any atom is 0.317 e. The molecule has 2 aromatic carbocycles. The van der Waals surface area contributed by atoms with E-state index in [9.17, 15) is 9.59 Å². The molecule has 2 aromatic rings. The highest BCUT2D eigenvalue weighted by atomic mass is 35.5. The van der Waals surface area contributed by atoms with Gasteiger partial charge in [-0.15, -0.1) is 0 Å². The Kier molecular flexibility index (Phi) is 5.62. The molecule has 0 spiro atoms. The van der Waals surface area contributed by atoms with E-state index < -0.39 is 0 Å². The number of nitrogens with one attached hydrogen (secondary N) is 1. The second kappa shape index (κ2) is 8.33. The first-order chi connectivity index (χ1) is 14.0. The van der Waals surface area contributed by atoms with Crippen molar-refractivity contribution in [1.82, 2.24) is 10.2 Å². The van der Waals surface area contributed by atoms with Crippen LogP contribution in [0.4, 0.5) is 16.2 Å². The number of benzene rings is 2. The van der Waals surface area contributed by atoms with Gasteiger partial charge in [-0.25, -0.2) is 4.79 Å². The predicted octanol–water partition coefficient (Wildman–Crippen LogP) is 3.29. The van der Waals surface area contributed by atoms with Crippen molar-refractivity contribution >= 4 is 34.9 Å². The van der Waals surface area contributed by atoms with E-state index in [1.54, 1.807) is 4.90 Å². The van der Waals surface area contributed by atoms with Crippen molar-refractivity contribution < 1.29 is 9.59 Å². The second-order valence-electron chi connectivity index (χ2n) is 7.64. The molecular weight excluding hydrogens is 388 g/mol. The molecule has 4 rings (SSSR count). The van der Waals surface area contributed by atoms with Crippen LogP contribution in [-0.2, 0) is 4.79 Å². The molecule has 0 radical (unpaired) electrons. The van der Waals surface area contributed by atoms with Gasteiger partial charge in [0.25, 0.3) is 0 Å². The lowest BCUT2D eigenvalue weighted by atomic mass is 10.2. The molecule has 3 amide bonds. The molecule has 2 aliphatic heterocycles. The number of halogens is 1. The van der Waals surface area contributed by atoms with Crippen LogP contribution in [0.1, 0.15) is 12.0 Å². The smallest absolute Gasteiger partial charge is 0.317 e. The summed E-state index contributed by atoms with van der Waals surface area (Å²) in [4.78, 5) is 30.9. The van der Waals surface area contributed by atoms with Crippen LogP contribution in [0.5, 0.6) is 0 Å². The van der Waals surface area contributed by atoms with Crippen molar-refractivity contribution in [1.29, 1.82) is 0 Å². The summed E-state index contributed by atoms with van der Waals surface area (Å²) >= 11 is 6.08. The van der Waals surface area contributed by atoms with E-state index in [1.807, 2.05) is 60.4 Å². The Hall–Kier alpha value is -2.73. The number of carbonyl (C=O) groups excluding carboxylic acids is 2. The Balaban J connectivity index is 1.30. The lowest BCUT2D eigenvalue weighted by molar-refractivity contribution is -0.117. The molecule has 152 valence electrons. The van der Waals surface area contributed by atoms with E-state index >= 15 is 0 Å². The first-order valence-electron chi connectivity index (χ1n) is 9.92. The fourth-order valence-corrected chi connectivity index (χ4v) is 4.07. The number of hydrogen-bond acceptors (Lipinski definition) is 3. The lowest BCUT2D eigenvalue weighted by Gasteiger charge is -2.36. The van der Waals surface area contributed by atoms with Crippen molar-refractivity contribution in [2.75, 3.05) is 42.5 Å². The molecule has 0 saturated carbocycles. The Bertz CT molecular complexity index is 894. The van der Waals surface area contributed by atoms with Crippen molar-refractivity contribution in [3.63, 3.8) is 0 Å². The summed E-state index contributed by atoms with van der Waals surface area (Å²) < 4.78 is 0. The van der Waals surface area contributed by atoms with Crippen LogP contribution in [0.25, 0.3) is 0 Å². The Labute approximate surface area is 176 Å². The van der Waals surface area contributed by atoms with Crippen LogP contribution < -0.4 is 15.1 Å². The number of piperazine rings is 1. The van der Waals surface area contributed by atoms with Crippen LogP contribution >= 0.6 is 11.6 Å². The zero-order chi connectivity index (χ0) is 20.4. The summed E-state index contributed by atoms with van der Waals surface area (Å²) in [6.45, 7) is 5.32. The van der Waals surface area contributed by atoms with Crippen molar-refractivity contribution in [3.8, 4) is 0 Å². The van der Waals surface area contributed by atoms with Gasteiger partial charge in [-0.2, -0.15) is 0 Å². The van der Waals surface area contributed by atoms with Crippen LogP contribution in [-0.4, -0.2) is 55.6 Å². The van der Waals surface area contributed by atoms with Crippen molar-refractivity contribution in [2.24, 2.45) is 0 Å². The zero-order valence-electron chi connectivity index (χ0n) is 16.5. The fraction of sp³-hybridized carbons (Fsp3) is 0.364. The molecule has 1 unspecified atom stereocenters. The van der Waals surface area contributed by atoms with E-state index in [-0.39, 0.29) is 18.0 Å². The highest BCUT2D eigenvalue weighted by Gasteiger charge is 2.33. The number of hydrogen-bond donors (Lipinski definition) is 1. The molecule has 1 N–H and O–H groups in total. The van der Waals surface area contributed by atoms with E-state index in [0.29, 0.717) is 31.1 Å². The second-order valence-corrected chi connectivity index (χ2v) is 8.08. The quantitative estimate of drug-likeness (QED) is 0.841. The van der Waals surface area contributed by atoms with Gasteiger partial charge in [-0.3, -0.25) is 4.79 Å². The molecule has 29 heavy (non-hydrogen) atoms. The van der Waals surface area contributed by atoms with Gasteiger partial charge in [0.2, 0.25) is 5.91 Å². The van der Waals surface area contributed by atoms with Crippen molar-refractivity contribution in [2.45, 2.75) is 19.4 Å². The number of aryl methyl sites for hydroxylation is 1. The average Bonchev–Trinajstić information content (AvgIpc) is 3.08. The van der Waals surface area contributed by atoms with Gasteiger partial charge < -0.3 is 20.0 Å². The molecular formula is C22H25ClN4O2. The van der Waals surface area contributed by atoms with E-state index in [1.165, 1.54) is 0 Å². The number of nitrogens with zero attached hydrogens (tertiary/aromatic N) is 3. The first-order valence-corrected chi connectivity index (χ1v) is 10.3. The zero-order valence-corrected chi connectivity index (χ0v) is 17.2. The summed E-state index contributed by atoms with van der Waals surface area (Å²) in [7, 11) is 0. The number of amides is 3. The summed E-state index contributed by atoms with van der Waals surface area (Å²) in [5, 5.41) is 3.75. The molecule has 1 atom stereocenters. The molecule has 2 aliphatic rings. The van der Waals surface area contributed by atoms with Crippen LogP contribution in [0, 0.1) is 6.92 Å². The third-order valence-electron chi connectivity index (χ3n) is 5.54. The maximum atomic E-state index is 12.7. The fourth-order valence-electron chi connectivity index (χ4n) is 3.88. The average molecular weight is 413 g/mol. The summed E-state index contributed by atoms with van der Waals surface area (Å²) in [6, 6.07) is 15.4. The van der Waals surface area contributed by atoms with E-state index in [4.69, 9.17) is 11.6 Å². The molecule has 2 fully saturated rings. The van der Waals surface area contributed by atoms with Gasteiger partial charge in [0.05, 0.1) is 6.04 Å². The standard InChI is InChI=1S/C22H25ClN4O2/c1-16-5-7-19(8-6-16)27-15-18(14-21(27)28)24-22(29)26-11-9-25(10-12-26)20-4-2-3-17(23)13-20/h2-8,13,18H,9-12,14-15H2,1H3,(H,24,29). The number of urea groups is 1. The highest BCUT2D eigenvalue weighted by Crippen LogP contribution is 2.23. The number of rotatable bonds is 3. The first kappa shape index (κ1) is 19.6. The van der Waals surface area contributed by atoms with Crippen molar-refractivity contribution in [3.05, 3.63) is 59.1 Å². The highest BCUT2D eigenvalue weighted by molar-refractivity contribution is 6.30. The molecule has 7 heteroatoms. The molecule has 2 heterocycles. The SMILES string of the molecule is Cc1ccc(N2CC(NC(=O)N3CCN(c4cccc(Cl)c4)CC3)CC2=O)cc1. The largest absolute Gasteiger partial charge is 0.368 e. The van der Waals surface area contributed by atoms with E-state index in [0.717, 1.165) is 30.0 Å². The third kappa shape index (κ3) is 4.48. The number of anilines is 2. The van der Waals surface area contributed by atoms with Crippen LogP contribution in [0.2, 0.25) is 5.02 Å². The van der Waals surface area contributed by atoms with Gasteiger partial charge in [-0.1, -0.05) is 35.4 Å². The monoisotopic (exact) mass is 412 g/mol. The Morgan fingerprint density at radius 3 is 2.45 bits per heavy atom. The van der Waals surface area contributed by atoms with Gasteiger partial charge in [-0.05, 0) is 37.3 Å². The summed E-state index contributed by atoms with van der Waals surface area (Å²) in [5.41, 5.74) is 3.11. The normalized spacial score (nSPS) is 19.6. The minimum Gasteiger partial charge on any atom is -0.368 e. The molecule has 0 bridgehead atoms.